The second-order valence-corrected chi connectivity index (χ2v) is 6.85. The third-order valence-electron chi connectivity index (χ3n) is 5.16. The molecule has 0 spiro atoms. The van der Waals surface area contributed by atoms with Crippen molar-refractivity contribution in [2.75, 3.05) is 11.4 Å². The lowest BCUT2D eigenvalue weighted by Crippen LogP contribution is -2.38. The number of β-amino-alcohol motifs (C(OH)–C–C–N with tert-alkyl or cyclic N) is 1. The number of benzene rings is 3. The molecule has 0 saturated carbocycles. The molecule has 0 radical (unpaired) electrons. The van der Waals surface area contributed by atoms with Crippen LogP contribution in [0.3, 0.4) is 0 Å². The first-order chi connectivity index (χ1) is 12.5. The van der Waals surface area contributed by atoms with E-state index in [9.17, 15) is 15.2 Å². The third-order valence-corrected chi connectivity index (χ3v) is 5.16. The van der Waals surface area contributed by atoms with Gasteiger partial charge in [-0.1, -0.05) is 48.5 Å². The van der Waals surface area contributed by atoms with Crippen LogP contribution < -0.4 is 4.90 Å². The summed E-state index contributed by atoms with van der Waals surface area (Å²) in [5.74, 6) is 0. The van der Waals surface area contributed by atoms with E-state index in [0.29, 0.717) is 25.1 Å². The van der Waals surface area contributed by atoms with Gasteiger partial charge in [-0.05, 0) is 23.4 Å². The van der Waals surface area contributed by atoms with Crippen molar-refractivity contribution in [3.05, 3.63) is 81.4 Å². The number of aliphatic hydroxyl groups is 1. The van der Waals surface area contributed by atoms with Crippen LogP contribution >= 0.6 is 0 Å². The number of fused-ring (bicyclic) bond motifs is 3. The monoisotopic (exact) mass is 348 g/mol. The van der Waals surface area contributed by atoms with Crippen molar-refractivity contribution in [1.82, 2.24) is 0 Å². The van der Waals surface area contributed by atoms with E-state index in [1.165, 1.54) is 6.07 Å². The maximum absolute atomic E-state index is 11.2. The van der Waals surface area contributed by atoms with Crippen LogP contribution in [0.2, 0.25) is 0 Å². The maximum atomic E-state index is 11.2. The van der Waals surface area contributed by atoms with E-state index in [2.05, 4.69) is 29.2 Å². The summed E-state index contributed by atoms with van der Waals surface area (Å²) in [6, 6.07) is 17.6. The van der Waals surface area contributed by atoms with Crippen LogP contribution in [0.15, 0.2) is 54.6 Å². The highest BCUT2D eigenvalue weighted by atomic mass is 16.6. The van der Waals surface area contributed by atoms with Crippen molar-refractivity contribution in [3.63, 3.8) is 0 Å². The SMILES string of the molecule is Cc1c(CN2CC(O)Cc3ccc4ccccc4c32)cccc1[N+](=O)[O-]. The van der Waals surface area contributed by atoms with Crippen LogP contribution in [0.1, 0.15) is 16.7 Å². The van der Waals surface area contributed by atoms with Gasteiger partial charge in [0.15, 0.2) is 0 Å². The number of nitro groups is 1. The average molecular weight is 348 g/mol. The van der Waals surface area contributed by atoms with Gasteiger partial charge < -0.3 is 10.0 Å². The van der Waals surface area contributed by atoms with Gasteiger partial charge in [-0.15, -0.1) is 0 Å². The minimum atomic E-state index is -0.442. The zero-order valence-corrected chi connectivity index (χ0v) is 14.6. The molecule has 4 rings (SSSR count). The molecule has 0 aromatic heterocycles. The summed E-state index contributed by atoms with van der Waals surface area (Å²) < 4.78 is 0. The van der Waals surface area contributed by atoms with Crippen molar-refractivity contribution in [2.24, 2.45) is 0 Å². The summed E-state index contributed by atoms with van der Waals surface area (Å²) in [5.41, 5.74) is 3.97. The largest absolute Gasteiger partial charge is 0.391 e. The Morgan fingerprint density at radius 2 is 1.96 bits per heavy atom. The maximum Gasteiger partial charge on any atom is 0.272 e. The Morgan fingerprint density at radius 3 is 2.77 bits per heavy atom. The molecular formula is C21H20N2O3. The van der Waals surface area contributed by atoms with E-state index in [1.54, 1.807) is 13.0 Å². The summed E-state index contributed by atoms with van der Waals surface area (Å²) in [5, 5.41) is 23.9. The molecule has 0 aliphatic carbocycles. The summed E-state index contributed by atoms with van der Waals surface area (Å²) in [4.78, 5) is 13.1. The molecule has 0 fully saturated rings. The van der Waals surface area contributed by atoms with Gasteiger partial charge in [0, 0.05) is 42.2 Å². The lowest BCUT2D eigenvalue weighted by molar-refractivity contribution is -0.385. The molecule has 1 heterocycles. The van der Waals surface area contributed by atoms with Crippen LogP contribution in [-0.2, 0) is 13.0 Å². The van der Waals surface area contributed by atoms with Crippen LogP contribution in [0, 0.1) is 17.0 Å². The Balaban J connectivity index is 1.81. The van der Waals surface area contributed by atoms with Crippen LogP contribution in [0.25, 0.3) is 10.8 Å². The summed E-state index contributed by atoms with van der Waals surface area (Å²) >= 11 is 0. The molecular weight excluding hydrogens is 328 g/mol. The van der Waals surface area contributed by atoms with E-state index in [1.807, 2.05) is 18.2 Å². The van der Waals surface area contributed by atoms with E-state index in [4.69, 9.17) is 0 Å². The Bertz CT molecular complexity index is 1000. The molecule has 1 aliphatic rings. The van der Waals surface area contributed by atoms with Gasteiger partial charge in [-0.25, -0.2) is 0 Å². The first-order valence-corrected chi connectivity index (χ1v) is 8.71. The van der Waals surface area contributed by atoms with Gasteiger partial charge in [0.1, 0.15) is 0 Å². The van der Waals surface area contributed by atoms with Crippen molar-refractivity contribution in [3.8, 4) is 0 Å². The lowest BCUT2D eigenvalue weighted by atomic mass is 9.94. The molecule has 1 atom stereocenters. The number of anilines is 1. The predicted molar refractivity (Wildman–Crippen MR) is 103 cm³/mol. The van der Waals surface area contributed by atoms with Crippen LogP contribution in [0.5, 0.6) is 0 Å². The number of hydrogen-bond acceptors (Lipinski definition) is 4. The fourth-order valence-corrected chi connectivity index (χ4v) is 3.89. The van der Waals surface area contributed by atoms with Gasteiger partial charge >= 0.3 is 0 Å². The smallest absolute Gasteiger partial charge is 0.272 e. The molecule has 0 saturated heterocycles. The summed E-state index contributed by atoms with van der Waals surface area (Å²) in [6.45, 7) is 2.84. The zero-order chi connectivity index (χ0) is 18.3. The highest BCUT2D eigenvalue weighted by molar-refractivity contribution is 5.96. The normalized spacial score (nSPS) is 16.5. The Labute approximate surface area is 151 Å². The molecule has 1 unspecified atom stereocenters. The topological polar surface area (TPSA) is 66.6 Å². The minimum Gasteiger partial charge on any atom is -0.391 e. The second-order valence-electron chi connectivity index (χ2n) is 6.85. The fraction of sp³-hybridized carbons (Fsp3) is 0.238. The Morgan fingerprint density at radius 1 is 1.15 bits per heavy atom. The highest BCUT2D eigenvalue weighted by Crippen LogP contribution is 2.36. The van der Waals surface area contributed by atoms with Gasteiger partial charge in [-0.2, -0.15) is 0 Å². The molecule has 5 nitrogen and oxygen atoms in total. The van der Waals surface area contributed by atoms with Gasteiger partial charge in [0.25, 0.3) is 5.69 Å². The molecule has 1 N–H and O–H groups in total. The predicted octanol–water partition coefficient (Wildman–Crippen LogP) is 3.98. The van der Waals surface area contributed by atoms with Crippen molar-refractivity contribution in [2.45, 2.75) is 26.0 Å². The summed E-state index contributed by atoms with van der Waals surface area (Å²) in [7, 11) is 0. The third kappa shape index (κ3) is 2.80. The van der Waals surface area contributed by atoms with E-state index in [-0.39, 0.29) is 10.6 Å². The van der Waals surface area contributed by atoms with E-state index in [0.717, 1.165) is 27.6 Å². The number of rotatable bonds is 3. The number of hydrogen-bond donors (Lipinski definition) is 1. The highest BCUT2D eigenvalue weighted by Gasteiger charge is 2.26. The number of aliphatic hydroxyl groups excluding tert-OH is 1. The molecule has 1 aliphatic heterocycles. The molecule has 3 aromatic carbocycles. The fourth-order valence-electron chi connectivity index (χ4n) is 3.89. The number of nitro benzene ring substituents is 1. The van der Waals surface area contributed by atoms with Crippen molar-refractivity contribution in [1.29, 1.82) is 0 Å². The quantitative estimate of drug-likeness (QED) is 0.574. The van der Waals surface area contributed by atoms with Crippen molar-refractivity contribution >= 4 is 22.1 Å². The molecule has 5 heteroatoms. The molecule has 3 aromatic rings. The molecule has 132 valence electrons. The van der Waals surface area contributed by atoms with E-state index >= 15 is 0 Å². The Kier molecular flexibility index (Phi) is 4.09. The van der Waals surface area contributed by atoms with Crippen LogP contribution in [0.4, 0.5) is 11.4 Å². The van der Waals surface area contributed by atoms with Crippen molar-refractivity contribution < 1.29 is 10.0 Å². The van der Waals surface area contributed by atoms with E-state index < -0.39 is 6.10 Å². The Hall–Kier alpha value is -2.92. The summed E-state index contributed by atoms with van der Waals surface area (Å²) in [6.07, 6.45) is 0.188. The first kappa shape index (κ1) is 16.5. The standard InChI is InChI=1S/C21H20N2O3/c1-14-17(6-4-8-20(14)23(25)26)12-22-13-18(24)11-16-10-9-15-5-2-3-7-19(15)21(16)22/h2-10,18,24H,11-13H2,1H3. The molecule has 26 heavy (non-hydrogen) atoms. The zero-order valence-electron chi connectivity index (χ0n) is 14.6. The van der Waals surface area contributed by atoms with Gasteiger partial charge in [0.2, 0.25) is 0 Å². The lowest BCUT2D eigenvalue weighted by Gasteiger charge is -2.35. The van der Waals surface area contributed by atoms with Gasteiger partial charge in [0.05, 0.1) is 11.0 Å². The second kappa shape index (κ2) is 6.42. The minimum absolute atomic E-state index is 0.137. The molecule has 0 amide bonds. The molecule has 0 bridgehead atoms. The average Bonchev–Trinajstić information content (AvgIpc) is 2.62. The van der Waals surface area contributed by atoms with Crippen LogP contribution in [-0.4, -0.2) is 22.7 Å². The number of nitrogens with zero attached hydrogens (tertiary/aromatic N) is 2. The first-order valence-electron chi connectivity index (χ1n) is 8.71. The van der Waals surface area contributed by atoms with Gasteiger partial charge in [-0.3, -0.25) is 10.1 Å².